The fraction of sp³-hybridized carbons (Fsp3) is 0.450. The molecule has 0 atom stereocenters. The number of carbonyl (C=O) groups is 2. The number of carbonyl (C=O) groups excluding carboxylic acids is 2. The quantitative estimate of drug-likeness (QED) is 0.343. The van der Waals surface area contributed by atoms with Crippen molar-refractivity contribution in [3.63, 3.8) is 0 Å². The van der Waals surface area contributed by atoms with E-state index in [9.17, 15) is 24.1 Å². The Hall–Kier alpha value is -3.02. The number of hydrogen-bond acceptors (Lipinski definition) is 7. The van der Waals surface area contributed by atoms with Gasteiger partial charge in [0, 0.05) is 18.5 Å². The highest BCUT2D eigenvalue weighted by molar-refractivity contribution is 9.10. The van der Waals surface area contributed by atoms with Crippen LogP contribution in [0.3, 0.4) is 0 Å². The van der Waals surface area contributed by atoms with Gasteiger partial charge in [-0.1, -0.05) is 0 Å². The number of nitro benzene ring substituents is 1. The molecule has 0 N–H and O–H groups in total. The topological polar surface area (TPSA) is 117 Å². The molecule has 1 aromatic heterocycles. The molecule has 0 aliphatic carbocycles. The lowest BCUT2D eigenvalue weighted by Gasteiger charge is -2.30. The zero-order chi connectivity index (χ0) is 23.8. The zero-order valence-corrected chi connectivity index (χ0v) is 19.6. The second-order valence-electron chi connectivity index (χ2n) is 8.04. The number of aromatic nitrogens is 2. The highest BCUT2D eigenvalue weighted by atomic mass is 79.9. The second kappa shape index (κ2) is 8.85. The third-order valence-corrected chi connectivity index (χ3v) is 5.25. The monoisotopic (exact) mass is 512 g/mol. The van der Waals surface area contributed by atoms with Crippen LogP contribution in [0.1, 0.15) is 49.4 Å². The molecule has 1 aromatic carbocycles. The molecule has 172 valence electrons. The van der Waals surface area contributed by atoms with Gasteiger partial charge in [0.15, 0.2) is 5.69 Å². The molecule has 2 heterocycles. The van der Waals surface area contributed by atoms with E-state index in [4.69, 9.17) is 9.47 Å². The van der Waals surface area contributed by atoms with Gasteiger partial charge in [0.1, 0.15) is 11.3 Å². The summed E-state index contributed by atoms with van der Waals surface area (Å²) in [5, 5.41) is 15.8. The normalized spacial score (nSPS) is 13.5. The first-order valence-electron chi connectivity index (χ1n) is 9.83. The molecule has 0 fully saturated rings. The molecule has 0 radical (unpaired) electrons. The van der Waals surface area contributed by atoms with Gasteiger partial charge < -0.3 is 14.4 Å². The summed E-state index contributed by atoms with van der Waals surface area (Å²) in [6.45, 7) is 7.15. The van der Waals surface area contributed by atoms with Crippen molar-refractivity contribution in [2.24, 2.45) is 0 Å². The van der Waals surface area contributed by atoms with Crippen molar-refractivity contribution in [2.45, 2.75) is 46.3 Å². The van der Waals surface area contributed by atoms with Crippen LogP contribution in [0.15, 0.2) is 16.6 Å². The summed E-state index contributed by atoms with van der Waals surface area (Å²) >= 11 is 2.95. The van der Waals surface area contributed by atoms with Gasteiger partial charge in [-0.3, -0.25) is 10.1 Å². The number of nitrogens with zero attached hydrogens (tertiary/aromatic N) is 4. The standard InChI is InChI=1S/C20H22BrFN4O6/c1-5-31-18(27)16-11-10-24(19(28)32-20(2,3)4)9-8-13(11)25(23-16)14-7-6-12(21)15(22)17(14)26(29)30/h6-7H,5,8-10H2,1-4H3. The Kier molecular flexibility index (Phi) is 6.54. The van der Waals surface area contributed by atoms with Crippen molar-refractivity contribution in [2.75, 3.05) is 13.2 Å². The van der Waals surface area contributed by atoms with Crippen LogP contribution in [0.25, 0.3) is 5.69 Å². The lowest BCUT2D eigenvalue weighted by atomic mass is 10.0. The van der Waals surface area contributed by atoms with Crippen LogP contribution >= 0.6 is 15.9 Å². The molecule has 0 unspecified atom stereocenters. The Morgan fingerprint density at radius 2 is 2.03 bits per heavy atom. The van der Waals surface area contributed by atoms with Crippen molar-refractivity contribution >= 4 is 33.7 Å². The highest BCUT2D eigenvalue weighted by Crippen LogP contribution is 2.34. The van der Waals surface area contributed by atoms with Gasteiger partial charge in [0.2, 0.25) is 5.82 Å². The minimum Gasteiger partial charge on any atom is -0.461 e. The van der Waals surface area contributed by atoms with Crippen LogP contribution in [-0.4, -0.2) is 50.4 Å². The molecule has 3 rings (SSSR count). The average molecular weight is 513 g/mol. The van der Waals surface area contributed by atoms with Gasteiger partial charge in [0.05, 0.1) is 28.2 Å². The van der Waals surface area contributed by atoms with Gasteiger partial charge in [-0.05, 0) is 55.8 Å². The maximum Gasteiger partial charge on any atom is 0.410 e. The van der Waals surface area contributed by atoms with Crippen molar-refractivity contribution in [3.05, 3.63) is 49.5 Å². The maximum absolute atomic E-state index is 14.6. The first-order chi connectivity index (χ1) is 14.9. The number of fused-ring (bicyclic) bond motifs is 1. The summed E-state index contributed by atoms with van der Waals surface area (Å²) in [5.41, 5.74) is -0.882. The van der Waals surface area contributed by atoms with E-state index in [0.717, 1.165) is 0 Å². The number of amides is 1. The van der Waals surface area contributed by atoms with E-state index in [0.29, 0.717) is 11.3 Å². The van der Waals surface area contributed by atoms with Crippen molar-refractivity contribution < 1.29 is 28.4 Å². The van der Waals surface area contributed by atoms with E-state index in [1.54, 1.807) is 27.7 Å². The van der Waals surface area contributed by atoms with Crippen LogP contribution in [0.4, 0.5) is 14.9 Å². The Balaban J connectivity index is 2.13. The third-order valence-electron chi connectivity index (χ3n) is 4.64. The molecule has 1 aliphatic heterocycles. The molecule has 1 amide bonds. The summed E-state index contributed by atoms with van der Waals surface area (Å²) in [4.78, 5) is 37.3. The van der Waals surface area contributed by atoms with Crippen LogP contribution in [-0.2, 0) is 22.4 Å². The number of esters is 1. The lowest BCUT2D eigenvalue weighted by Crippen LogP contribution is -2.40. The van der Waals surface area contributed by atoms with E-state index < -0.39 is 34.1 Å². The zero-order valence-electron chi connectivity index (χ0n) is 18.0. The Bertz CT molecular complexity index is 1090. The molecule has 12 heteroatoms. The Morgan fingerprint density at radius 3 is 2.62 bits per heavy atom. The number of nitro groups is 1. The largest absolute Gasteiger partial charge is 0.461 e. The second-order valence-corrected chi connectivity index (χ2v) is 8.90. The van der Waals surface area contributed by atoms with Crippen LogP contribution in [0.2, 0.25) is 0 Å². The molecule has 0 saturated carbocycles. The Morgan fingerprint density at radius 1 is 1.34 bits per heavy atom. The van der Waals surface area contributed by atoms with E-state index in [1.807, 2.05) is 0 Å². The predicted octanol–water partition coefficient (Wildman–Crippen LogP) is 4.15. The van der Waals surface area contributed by atoms with Crippen molar-refractivity contribution in [1.29, 1.82) is 0 Å². The molecule has 32 heavy (non-hydrogen) atoms. The van der Waals surface area contributed by atoms with Crippen molar-refractivity contribution in [1.82, 2.24) is 14.7 Å². The Labute approximate surface area is 191 Å². The van der Waals surface area contributed by atoms with Gasteiger partial charge in [0.25, 0.3) is 0 Å². The molecule has 0 saturated heterocycles. The number of ether oxygens (including phenoxy) is 2. The fourth-order valence-corrected chi connectivity index (χ4v) is 3.66. The molecule has 0 bridgehead atoms. The van der Waals surface area contributed by atoms with Crippen molar-refractivity contribution in [3.8, 4) is 5.69 Å². The molecular weight excluding hydrogens is 491 g/mol. The van der Waals surface area contributed by atoms with Gasteiger partial charge in [-0.25, -0.2) is 14.3 Å². The third kappa shape index (κ3) is 4.59. The average Bonchev–Trinajstić information content (AvgIpc) is 3.07. The van der Waals surface area contributed by atoms with Crippen LogP contribution in [0, 0.1) is 15.9 Å². The van der Waals surface area contributed by atoms with E-state index in [-0.39, 0.29) is 42.0 Å². The number of hydrogen-bond donors (Lipinski definition) is 0. The minimum atomic E-state index is -1.05. The molecule has 1 aliphatic rings. The molecule has 2 aromatic rings. The maximum atomic E-state index is 14.6. The smallest absolute Gasteiger partial charge is 0.410 e. The van der Waals surface area contributed by atoms with Gasteiger partial charge in [-0.2, -0.15) is 9.49 Å². The first-order valence-corrected chi connectivity index (χ1v) is 10.6. The summed E-state index contributed by atoms with van der Waals surface area (Å²) in [5.74, 6) is -1.80. The summed E-state index contributed by atoms with van der Waals surface area (Å²) < 4.78 is 26.1. The SMILES string of the molecule is CCOC(=O)c1nn(-c2ccc(Br)c(F)c2[N+](=O)[O-])c2c1CN(C(=O)OC(C)(C)C)CC2. The lowest BCUT2D eigenvalue weighted by molar-refractivity contribution is -0.387. The van der Waals surface area contributed by atoms with Crippen LogP contribution in [0.5, 0.6) is 0 Å². The van der Waals surface area contributed by atoms with E-state index in [1.165, 1.54) is 21.7 Å². The van der Waals surface area contributed by atoms with E-state index in [2.05, 4.69) is 21.0 Å². The fourth-order valence-electron chi connectivity index (χ4n) is 3.34. The van der Waals surface area contributed by atoms with Crippen LogP contribution < -0.4 is 0 Å². The first kappa shape index (κ1) is 23.6. The highest BCUT2D eigenvalue weighted by Gasteiger charge is 2.35. The molecule has 10 nitrogen and oxygen atoms in total. The predicted molar refractivity (Wildman–Crippen MR) is 114 cm³/mol. The molecule has 0 spiro atoms. The van der Waals surface area contributed by atoms with Gasteiger partial charge in [-0.15, -0.1) is 0 Å². The number of halogens is 2. The summed E-state index contributed by atoms with van der Waals surface area (Å²) in [7, 11) is 0. The number of benzene rings is 1. The van der Waals surface area contributed by atoms with Gasteiger partial charge >= 0.3 is 17.7 Å². The van der Waals surface area contributed by atoms with E-state index >= 15 is 0 Å². The summed E-state index contributed by atoms with van der Waals surface area (Å²) in [6, 6.07) is 2.67. The summed E-state index contributed by atoms with van der Waals surface area (Å²) in [6.07, 6.45) is -0.345. The minimum absolute atomic E-state index is 0.00873. The molecular formula is C20H22BrFN4O6. The number of rotatable bonds is 4.